The van der Waals surface area contributed by atoms with Gasteiger partial charge >= 0.3 is 0 Å². The average molecular weight is 310 g/mol. The molecule has 7 heteroatoms. The fourth-order valence-electron chi connectivity index (χ4n) is 1.79. The molecule has 6 nitrogen and oxygen atoms in total. The van der Waals surface area contributed by atoms with Crippen molar-refractivity contribution >= 4 is 10.0 Å². The summed E-state index contributed by atoms with van der Waals surface area (Å²) in [6.45, 7) is 3.56. The number of oxazole rings is 1. The van der Waals surface area contributed by atoms with Gasteiger partial charge in [-0.2, -0.15) is 0 Å². The summed E-state index contributed by atoms with van der Waals surface area (Å²) in [7, 11) is -3.55. The first-order chi connectivity index (χ1) is 9.88. The Kier molecular flexibility index (Phi) is 4.76. The minimum Gasteiger partial charge on any atom is -0.449 e. The van der Waals surface area contributed by atoms with Crippen LogP contribution in [0, 0.1) is 6.92 Å². The van der Waals surface area contributed by atoms with Crippen molar-refractivity contribution < 1.29 is 17.9 Å². The maximum atomic E-state index is 12.0. The molecule has 0 aliphatic heterocycles. The molecule has 0 saturated carbocycles. The largest absolute Gasteiger partial charge is 0.449 e. The van der Waals surface area contributed by atoms with Gasteiger partial charge in [0.2, 0.25) is 10.0 Å². The molecule has 1 aromatic heterocycles. The summed E-state index contributed by atoms with van der Waals surface area (Å²) in [5.74, 6) is 0.557. The first-order valence-electron chi connectivity index (χ1n) is 6.59. The predicted octanol–water partition coefficient (Wildman–Crippen LogP) is 1.70. The maximum Gasteiger partial charge on any atom is 0.240 e. The van der Waals surface area contributed by atoms with Crippen LogP contribution in [0.4, 0.5) is 0 Å². The number of hydrogen-bond acceptors (Lipinski definition) is 5. The van der Waals surface area contributed by atoms with Gasteiger partial charge in [-0.1, -0.05) is 12.1 Å². The molecule has 0 radical (unpaired) electrons. The number of aryl methyl sites for hydroxylation is 1. The fraction of sp³-hybridized carbons (Fsp3) is 0.357. The molecule has 0 aliphatic rings. The lowest BCUT2D eigenvalue weighted by atomic mass is 10.2. The van der Waals surface area contributed by atoms with Crippen LogP contribution < -0.4 is 4.72 Å². The molecule has 2 N–H and O–H groups in total. The molecule has 1 aromatic carbocycles. The summed E-state index contributed by atoms with van der Waals surface area (Å²) in [6.07, 6.45) is 1.36. The molecule has 0 amide bonds. The molecule has 1 atom stereocenters. The Morgan fingerprint density at radius 1 is 1.33 bits per heavy atom. The van der Waals surface area contributed by atoms with Crippen LogP contribution >= 0.6 is 0 Å². The van der Waals surface area contributed by atoms with E-state index in [4.69, 9.17) is 9.52 Å². The third-order valence-corrected chi connectivity index (χ3v) is 4.41. The van der Waals surface area contributed by atoms with Crippen molar-refractivity contribution in [2.24, 2.45) is 0 Å². The van der Waals surface area contributed by atoms with Gasteiger partial charge < -0.3 is 9.52 Å². The lowest BCUT2D eigenvalue weighted by molar-refractivity contribution is 0.186. The van der Waals surface area contributed by atoms with E-state index in [-0.39, 0.29) is 11.4 Å². The van der Waals surface area contributed by atoms with E-state index in [2.05, 4.69) is 9.71 Å². The quantitative estimate of drug-likeness (QED) is 0.847. The van der Waals surface area contributed by atoms with Crippen LogP contribution in [-0.4, -0.2) is 31.2 Å². The number of aromatic nitrogens is 1. The molecular weight excluding hydrogens is 292 g/mol. The number of nitrogens with one attached hydrogen (secondary N) is 1. The molecular formula is C14H18N2O4S. The van der Waals surface area contributed by atoms with Gasteiger partial charge in [-0.3, -0.25) is 0 Å². The second kappa shape index (κ2) is 6.38. The first kappa shape index (κ1) is 15.7. The van der Waals surface area contributed by atoms with Crippen molar-refractivity contribution in [1.82, 2.24) is 9.71 Å². The molecule has 0 spiro atoms. The number of rotatable bonds is 6. The molecule has 1 unspecified atom stereocenters. The molecule has 0 fully saturated rings. The Bertz CT molecular complexity index is 690. The summed E-state index contributed by atoms with van der Waals surface area (Å²) in [4.78, 5) is 4.36. The number of hydrogen-bond donors (Lipinski definition) is 2. The van der Waals surface area contributed by atoms with Gasteiger partial charge in [0.15, 0.2) is 5.89 Å². The van der Waals surface area contributed by atoms with Gasteiger partial charge in [0.1, 0.15) is 12.0 Å². The minimum absolute atomic E-state index is 0.178. The van der Waals surface area contributed by atoms with E-state index in [0.717, 1.165) is 5.56 Å². The Morgan fingerprint density at radius 3 is 2.52 bits per heavy atom. The van der Waals surface area contributed by atoms with Crippen LogP contribution in [0.15, 0.2) is 39.8 Å². The van der Waals surface area contributed by atoms with E-state index in [1.165, 1.54) is 18.4 Å². The molecule has 0 saturated heterocycles. The van der Waals surface area contributed by atoms with E-state index in [1.807, 2.05) is 0 Å². The zero-order valence-corrected chi connectivity index (χ0v) is 12.7. The number of aliphatic hydroxyl groups is 1. The molecule has 2 aromatic rings. The lowest BCUT2D eigenvalue weighted by Crippen LogP contribution is -2.26. The third kappa shape index (κ3) is 4.13. The Labute approximate surface area is 123 Å². The van der Waals surface area contributed by atoms with Gasteiger partial charge in [-0.25, -0.2) is 18.1 Å². The maximum absolute atomic E-state index is 12.0. The summed E-state index contributed by atoms with van der Waals surface area (Å²) in [5, 5.41) is 9.13. The monoisotopic (exact) mass is 310 g/mol. The molecule has 114 valence electrons. The van der Waals surface area contributed by atoms with Crippen molar-refractivity contribution in [3.05, 3.63) is 36.4 Å². The summed E-state index contributed by atoms with van der Waals surface area (Å²) in [5.41, 5.74) is 1.45. The van der Waals surface area contributed by atoms with E-state index in [1.54, 1.807) is 26.0 Å². The average Bonchev–Trinajstić information content (AvgIpc) is 2.85. The van der Waals surface area contributed by atoms with Crippen molar-refractivity contribution in [2.75, 3.05) is 6.54 Å². The Morgan fingerprint density at radius 2 is 2.00 bits per heavy atom. The molecule has 0 bridgehead atoms. The number of aliphatic hydroxyl groups excluding tert-OH is 1. The zero-order chi connectivity index (χ0) is 15.5. The van der Waals surface area contributed by atoms with Crippen LogP contribution in [0.1, 0.15) is 19.2 Å². The van der Waals surface area contributed by atoms with Crippen LogP contribution in [0.5, 0.6) is 0 Å². The van der Waals surface area contributed by atoms with Crippen LogP contribution in [0.3, 0.4) is 0 Å². The highest BCUT2D eigenvalue weighted by atomic mass is 32.2. The van der Waals surface area contributed by atoms with E-state index in [0.29, 0.717) is 18.0 Å². The highest BCUT2D eigenvalue weighted by Crippen LogP contribution is 2.20. The van der Waals surface area contributed by atoms with Crippen LogP contribution in [0.25, 0.3) is 11.3 Å². The topological polar surface area (TPSA) is 92.4 Å². The molecule has 0 aliphatic carbocycles. The number of benzene rings is 1. The summed E-state index contributed by atoms with van der Waals surface area (Å²) >= 11 is 0. The lowest BCUT2D eigenvalue weighted by Gasteiger charge is -2.08. The van der Waals surface area contributed by atoms with Crippen molar-refractivity contribution in [2.45, 2.75) is 31.3 Å². The Hall–Kier alpha value is -1.70. The molecule has 1 heterocycles. The second-order valence-electron chi connectivity index (χ2n) is 4.81. The third-order valence-electron chi connectivity index (χ3n) is 2.93. The highest BCUT2D eigenvalue weighted by molar-refractivity contribution is 7.89. The van der Waals surface area contributed by atoms with Crippen LogP contribution in [0.2, 0.25) is 0 Å². The fourth-order valence-corrected chi connectivity index (χ4v) is 2.83. The van der Waals surface area contributed by atoms with Crippen molar-refractivity contribution in [3.63, 3.8) is 0 Å². The standard InChI is InChI=1S/C14H18N2O4S/c1-10(17)7-8-15-21(18,19)13-5-3-12(4-6-13)14-9-20-11(2)16-14/h3-6,9-10,15,17H,7-8H2,1-2H3. The highest BCUT2D eigenvalue weighted by Gasteiger charge is 2.14. The SMILES string of the molecule is Cc1nc(-c2ccc(S(=O)(=O)NCCC(C)O)cc2)co1. The molecule has 21 heavy (non-hydrogen) atoms. The normalized spacial score (nSPS) is 13.3. The van der Waals surface area contributed by atoms with E-state index < -0.39 is 16.1 Å². The van der Waals surface area contributed by atoms with Gasteiger partial charge in [0.25, 0.3) is 0 Å². The van der Waals surface area contributed by atoms with Gasteiger partial charge in [0.05, 0.1) is 11.0 Å². The summed E-state index contributed by atoms with van der Waals surface area (Å²) in [6, 6.07) is 6.40. The summed E-state index contributed by atoms with van der Waals surface area (Å²) < 4.78 is 31.7. The van der Waals surface area contributed by atoms with Crippen molar-refractivity contribution in [1.29, 1.82) is 0 Å². The van der Waals surface area contributed by atoms with Gasteiger partial charge in [-0.05, 0) is 25.5 Å². The van der Waals surface area contributed by atoms with Gasteiger partial charge in [-0.15, -0.1) is 0 Å². The first-order valence-corrected chi connectivity index (χ1v) is 8.07. The minimum atomic E-state index is -3.55. The zero-order valence-electron chi connectivity index (χ0n) is 11.9. The van der Waals surface area contributed by atoms with E-state index >= 15 is 0 Å². The van der Waals surface area contributed by atoms with Crippen molar-refractivity contribution in [3.8, 4) is 11.3 Å². The Balaban J connectivity index is 2.11. The second-order valence-corrected chi connectivity index (χ2v) is 6.58. The molecule has 2 rings (SSSR count). The van der Waals surface area contributed by atoms with E-state index in [9.17, 15) is 8.42 Å². The smallest absolute Gasteiger partial charge is 0.240 e. The number of sulfonamides is 1. The van der Waals surface area contributed by atoms with Gasteiger partial charge in [0, 0.05) is 19.0 Å². The predicted molar refractivity (Wildman–Crippen MR) is 78.2 cm³/mol. The number of nitrogens with zero attached hydrogens (tertiary/aromatic N) is 1. The van der Waals surface area contributed by atoms with Crippen LogP contribution in [-0.2, 0) is 10.0 Å².